The second-order valence-electron chi connectivity index (χ2n) is 5.95. The number of nitrogens with one attached hydrogen (secondary N) is 1. The Morgan fingerprint density at radius 1 is 1.04 bits per heavy atom. The zero-order valence-corrected chi connectivity index (χ0v) is 15.8. The van der Waals surface area contributed by atoms with Crippen molar-refractivity contribution in [2.75, 3.05) is 5.75 Å². The Morgan fingerprint density at radius 3 is 2.35 bits per heavy atom. The Balaban J connectivity index is 1.89. The highest BCUT2D eigenvalue weighted by atomic mass is 32.2. The highest BCUT2D eigenvalue weighted by molar-refractivity contribution is 7.99. The molecule has 1 N–H and O–H groups in total. The zero-order valence-electron chi connectivity index (χ0n) is 15.0. The number of amides is 1. The molecular formula is C21H25NO3S. The predicted molar refractivity (Wildman–Crippen MR) is 105 cm³/mol. The van der Waals surface area contributed by atoms with E-state index in [-0.39, 0.29) is 12.4 Å². The van der Waals surface area contributed by atoms with Crippen LogP contribution in [0.3, 0.4) is 0 Å². The Morgan fingerprint density at radius 2 is 1.69 bits per heavy atom. The normalized spacial score (nSPS) is 11.6. The van der Waals surface area contributed by atoms with Crippen molar-refractivity contribution in [3.63, 3.8) is 0 Å². The van der Waals surface area contributed by atoms with Crippen LogP contribution in [0.2, 0.25) is 0 Å². The van der Waals surface area contributed by atoms with E-state index in [1.54, 1.807) is 11.8 Å². The van der Waals surface area contributed by atoms with Gasteiger partial charge in [-0.1, -0.05) is 61.9 Å². The fourth-order valence-corrected chi connectivity index (χ4v) is 3.32. The van der Waals surface area contributed by atoms with Crippen LogP contribution in [0.4, 0.5) is 4.79 Å². The van der Waals surface area contributed by atoms with Gasteiger partial charge in [0.1, 0.15) is 12.6 Å². The van der Waals surface area contributed by atoms with Crippen molar-refractivity contribution in [3.8, 4) is 0 Å². The molecule has 26 heavy (non-hydrogen) atoms. The summed E-state index contributed by atoms with van der Waals surface area (Å²) in [5.74, 6) is 0.541. The van der Waals surface area contributed by atoms with Gasteiger partial charge in [-0.2, -0.15) is 0 Å². The number of ether oxygens (including phenoxy) is 1. The number of carbonyl (C=O) groups is 2. The van der Waals surface area contributed by atoms with E-state index in [4.69, 9.17) is 4.74 Å². The maximum absolute atomic E-state index is 12.4. The average Bonchev–Trinajstić information content (AvgIpc) is 2.69. The van der Waals surface area contributed by atoms with E-state index in [1.807, 2.05) is 67.6 Å². The third kappa shape index (κ3) is 7.31. The standard InChI is InChI=1S/C21H25NO3S/c1-2-3-14-20(23)19(16-26-18-12-8-5-9-13-18)22-21(24)25-15-17-10-6-4-7-11-17/h4-13,19H,2-3,14-16H2,1H3,(H,22,24)/t19-/m0/s1. The first kappa shape index (κ1) is 20.0. The minimum absolute atomic E-state index is 0.0481. The molecule has 0 fully saturated rings. The zero-order chi connectivity index (χ0) is 18.6. The topological polar surface area (TPSA) is 55.4 Å². The predicted octanol–water partition coefficient (Wildman–Crippen LogP) is 4.83. The van der Waals surface area contributed by atoms with Crippen molar-refractivity contribution in [2.24, 2.45) is 0 Å². The largest absolute Gasteiger partial charge is 0.445 e. The number of ketones is 1. The summed E-state index contributed by atoms with van der Waals surface area (Å²) in [7, 11) is 0. The summed E-state index contributed by atoms with van der Waals surface area (Å²) in [6, 6.07) is 18.8. The van der Waals surface area contributed by atoms with Crippen LogP contribution >= 0.6 is 11.8 Å². The third-order valence-electron chi connectivity index (χ3n) is 3.83. The lowest BCUT2D eigenvalue weighted by atomic mass is 10.1. The second-order valence-corrected chi connectivity index (χ2v) is 7.05. The number of hydrogen-bond acceptors (Lipinski definition) is 4. The summed E-state index contributed by atoms with van der Waals surface area (Å²) in [6.45, 7) is 2.23. The molecule has 0 aliphatic heterocycles. The van der Waals surface area contributed by atoms with E-state index in [0.717, 1.165) is 23.3 Å². The van der Waals surface area contributed by atoms with Gasteiger partial charge in [0, 0.05) is 17.1 Å². The molecule has 0 unspecified atom stereocenters. The molecule has 0 aliphatic carbocycles. The van der Waals surface area contributed by atoms with Crippen LogP contribution in [-0.4, -0.2) is 23.7 Å². The molecule has 0 aromatic heterocycles. The van der Waals surface area contributed by atoms with Crippen LogP contribution in [0.15, 0.2) is 65.6 Å². The number of rotatable bonds is 10. The van der Waals surface area contributed by atoms with Gasteiger partial charge in [0.05, 0.1) is 0 Å². The molecule has 0 saturated heterocycles. The summed E-state index contributed by atoms with van der Waals surface area (Å²) in [5.41, 5.74) is 0.912. The SMILES string of the molecule is CCCCC(=O)[C@H](CSc1ccccc1)NC(=O)OCc1ccccc1. The van der Waals surface area contributed by atoms with Gasteiger partial charge in [-0.15, -0.1) is 11.8 Å². The van der Waals surface area contributed by atoms with Crippen LogP contribution in [-0.2, 0) is 16.1 Å². The summed E-state index contributed by atoms with van der Waals surface area (Å²) in [5, 5.41) is 2.73. The summed E-state index contributed by atoms with van der Waals surface area (Å²) in [4.78, 5) is 25.6. The Bertz CT molecular complexity index is 676. The highest BCUT2D eigenvalue weighted by Gasteiger charge is 2.21. The van der Waals surface area contributed by atoms with Crippen molar-refractivity contribution < 1.29 is 14.3 Å². The fraction of sp³-hybridized carbons (Fsp3) is 0.333. The van der Waals surface area contributed by atoms with E-state index in [0.29, 0.717) is 12.2 Å². The summed E-state index contributed by atoms with van der Waals surface area (Å²) < 4.78 is 5.25. The molecule has 0 heterocycles. The molecule has 1 amide bonds. The van der Waals surface area contributed by atoms with Crippen LogP contribution in [0.1, 0.15) is 31.7 Å². The molecule has 0 aliphatic rings. The van der Waals surface area contributed by atoms with Gasteiger partial charge in [0.25, 0.3) is 0 Å². The van der Waals surface area contributed by atoms with Gasteiger partial charge in [-0.3, -0.25) is 4.79 Å². The van der Waals surface area contributed by atoms with Crippen molar-refractivity contribution in [3.05, 3.63) is 66.2 Å². The minimum Gasteiger partial charge on any atom is -0.445 e. The molecule has 2 aromatic rings. The third-order valence-corrected chi connectivity index (χ3v) is 4.94. The van der Waals surface area contributed by atoms with Crippen LogP contribution < -0.4 is 5.32 Å². The van der Waals surface area contributed by atoms with Crippen molar-refractivity contribution in [1.29, 1.82) is 0 Å². The van der Waals surface area contributed by atoms with Crippen LogP contribution in [0, 0.1) is 0 Å². The van der Waals surface area contributed by atoms with Gasteiger partial charge in [0.2, 0.25) is 0 Å². The maximum atomic E-state index is 12.4. The Hall–Kier alpha value is -2.27. The number of thioether (sulfide) groups is 1. The van der Waals surface area contributed by atoms with E-state index in [9.17, 15) is 9.59 Å². The molecule has 138 valence electrons. The molecule has 2 aromatic carbocycles. The molecule has 0 bridgehead atoms. The first-order valence-corrected chi connectivity index (χ1v) is 9.85. The summed E-state index contributed by atoms with van der Waals surface area (Å²) in [6.07, 6.45) is 1.68. The smallest absolute Gasteiger partial charge is 0.408 e. The molecule has 0 saturated carbocycles. The highest BCUT2D eigenvalue weighted by Crippen LogP contribution is 2.19. The van der Waals surface area contributed by atoms with Gasteiger partial charge >= 0.3 is 6.09 Å². The second kappa shape index (κ2) is 11.4. The molecular weight excluding hydrogens is 346 g/mol. The molecule has 2 rings (SSSR count). The number of hydrogen-bond donors (Lipinski definition) is 1. The molecule has 5 heteroatoms. The lowest BCUT2D eigenvalue weighted by Gasteiger charge is -2.17. The number of unbranched alkanes of at least 4 members (excludes halogenated alkanes) is 1. The van der Waals surface area contributed by atoms with Gasteiger partial charge in [0.15, 0.2) is 5.78 Å². The lowest BCUT2D eigenvalue weighted by molar-refractivity contribution is -0.120. The lowest BCUT2D eigenvalue weighted by Crippen LogP contribution is -2.42. The van der Waals surface area contributed by atoms with Crippen molar-refractivity contribution >= 4 is 23.6 Å². The fourth-order valence-electron chi connectivity index (χ4n) is 2.34. The molecule has 1 atom stereocenters. The quantitative estimate of drug-likeness (QED) is 0.608. The van der Waals surface area contributed by atoms with Gasteiger partial charge in [-0.05, 0) is 24.1 Å². The average molecular weight is 372 g/mol. The van der Waals surface area contributed by atoms with Crippen LogP contribution in [0.25, 0.3) is 0 Å². The summed E-state index contributed by atoms with van der Waals surface area (Å²) >= 11 is 1.56. The van der Waals surface area contributed by atoms with E-state index >= 15 is 0 Å². The van der Waals surface area contributed by atoms with Crippen molar-refractivity contribution in [2.45, 2.75) is 43.7 Å². The number of benzene rings is 2. The van der Waals surface area contributed by atoms with E-state index in [1.165, 1.54) is 0 Å². The van der Waals surface area contributed by atoms with Gasteiger partial charge in [-0.25, -0.2) is 4.79 Å². The Labute approximate surface area is 159 Å². The minimum atomic E-state index is -0.558. The Kier molecular flexibility index (Phi) is 8.76. The maximum Gasteiger partial charge on any atom is 0.408 e. The first-order valence-electron chi connectivity index (χ1n) is 8.87. The first-order chi connectivity index (χ1) is 12.7. The number of carbonyl (C=O) groups excluding carboxylic acids is 2. The monoisotopic (exact) mass is 371 g/mol. The number of alkyl carbamates (subject to hydrolysis) is 1. The van der Waals surface area contributed by atoms with Crippen molar-refractivity contribution in [1.82, 2.24) is 5.32 Å². The molecule has 0 radical (unpaired) electrons. The van der Waals surface area contributed by atoms with Crippen LogP contribution in [0.5, 0.6) is 0 Å². The van der Waals surface area contributed by atoms with Gasteiger partial charge < -0.3 is 10.1 Å². The number of Topliss-reactive ketones (excluding diaryl/α,β-unsaturated/α-hetero) is 1. The molecule has 0 spiro atoms. The van der Waals surface area contributed by atoms with E-state index in [2.05, 4.69) is 5.32 Å². The van der Waals surface area contributed by atoms with E-state index < -0.39 is 12.1 Å². The molecule has 4 nitrogen and oxygen atoms in total.